The number of ether oxygens (including phenoxy) is 1. The summed E-state index contributed by atoms with van der Waals surface area (Å²) >= 11 is 12.1. The van der Waals surface area contributed by atoms with Crippen LogP contribution in [0.15, 0.2) is 49.3 Å². The lowest BCUT2D eigenvalue weighted by atomic mass is 10.1. The van der Waals surface area contributed by atoms with Crippen molar-refractivity contribution in [2.75, 3.05) is 36.1 Å². The molecular formula is C19H15Br2N3O4S. The minimum absolute atomic E-state index is 0.0362. The largest absolute Gasteiger partial charge is 0.440 e. The van der Waals surface area contributed by atoms with E-state index in [1.807, 2.05) is 4.90 Å². The average molecular weight is 541 g/mol. The van der Waals surface area contributed by atoms with E-state index in [-0.39, 0.29) is 10.7 Å². The third-order valence-corrected chi connectivity index (χ3v) is 5.84. The predicted octanol–water partition coefficient (Wildman–Crippen LogP) is 3.47. The molecule has 0 radical (unpaired) electrons. The van der Waals surface area contributed by atoms with Crippen LogP contribution in [0.3, 0.4) is 0 Å². The van der Waals surface area contributed by atoms with Crippen LogP contribution in [0.4, 0.5) is 11.6 Å². The number of hydrogen-bond donors (Lipinski definition) is 1. The van der Waals surface area contributed by atoms with Crippen molar-refractivity contribution < 1.29 is 18.7 Å². The van der Waals surface area contributed by atoms with E-state index >= 15 is 0 Å². The van der Waals surface area contributed by atoms with Gasteiger partial charge < -0.3 is 14.1 Å². The second-order valence-corrected chi connectivity index (χ2v) is 8.49. The minimum Gasteiger partial charge on any atom is -0.440 e. The topological polar surface area (TPSA) is 75.0 Å². The van der Waals surface area contributed by atoms with Crippen molar-refractivity contribution in [3.8, 4) is 0 Å². The molecule has 4 rings (SSSR count). The summed E-state index contributed by atoms with van der Waals surface area (Å²) < 4.78 is 12.9. The highest BCUT2D eigenvalue weighted by molar-refractivity contribution is 9.10. The first-order valence-electron chi connectivity index (χ1n) is 8.73. The monoisotopic (exact) mass is 539 g/mol. The summed E-state index contributed by atoms with van der Waals surface area (Å²) in [5.74, 6) is -0.0418. The maximum Gasteiger partial charge on any atom is 0.270 e. The third kappa shape index (κ3) is 4.16. The van der Waals surface area contributed by atoms with Gasteiger partial charge in [-0.05, 0) is 58.5 Å². The Morgan fingerprint density at radius 2 is 1.79 bits per heavy atom. The Labute approximate surface area is 188 Å². The molecule has 0 saturated carbocycles. The van der Waals surface area contributed by atoms with Gasteiger partial charge in [0.15, 0.2) is 5.11 Å². The Bertz CT molecular complexity index is 1010. The Balaban J connectivity index is 1.65. The van der Waals surface area contributed by atoms with Gasteiger partial charge >= 0.3 is 0 Å². The first-order chi connectivity index (χ1) is 13.9. The molecule has 29 heavy (non-hydrogen) atoms. The van der Waals surface area contributed by atoms with Gasteiger partial charge in [-0.3, -0.25) is 19.8 Å². The molecule has 150 valence electrons. The molecule has 0 bridgehead atoms. The Kier molecular flexibility index (Phi) is 5.86. The maximum absolute atomic E-state index is 13.0. The number of furan rings is 1. The molecule has 0 spiro atoms. The third-order valence-electron chi connectivity index (χ3n) is 4.46. The van der Waals surface area contributed by atoms with Crippen LogP contribution < -0.4 is 15.1 Å². The lowest BCUT2D eigenvalue weighted by Gasteiger charge is -2.28. The second kappa shape index (κ2) is 8.39. The molecule has 2 aliphatic rings. The lowest BCUT2D eigenvalue weighted by molar-refractivity contribution is -0.122. The van der Waals surface area contributed by atoms with Crippen molar-refractivity contribution in [1.82, 2.24) is 5.32 Å². The van der Waals surface area contributed by atoms with E-state index in [1.54, 1.807) is 30.3 Å². The summed E-state index contributed by atoms with van der Waals surface area (Å²) in [5.41, 5.74) is 0.500. The van der Waals surface area contributed by atoms with Gasteiger partial charge in [0.2, 0.25) is 5.88 Å². The van der Waals surface area contributed by atoms with Crippen molar-refractivity contribution in [3.63, 3.8) is 0 Å². The highest BCUT2D eigenvalue weighted by atomic mass is 79.9. The van der Waals surface area contributed by atoms with Gasteiger partial charge in [-0.15, -0.1) is 0 Å². The number of halogens is 2. The van der Waals surface area contributed by atoms with Crippen LogP contribution >= 0.6 is 44.1 Å². The zero-order chi connectivity index (χ0) is 20.5. The molecule has 10 heteroatoms. The van der Waals surface area contributed by atoms with Crippen LogP contribution in [0.25, 0.3) is 6.08 Å². The van der Waals surface area contributed by atoms with Crippen molar-refractivity contribution in [3.05, 3.63) is 50.6 Å². The standard InChI is InChI=1S/C19H15Br2N3O4S/c20-11-1-3-12(4-2-11)24-17(26)14(16(25)22-19(24)29)9-13-10-15(21)18(28-13)23-5-7-27-8-6-23/h1-4,9-10H,5-8H2,(H,22,25,29)/b14-9-. The number of nitrogens with one attached hydrogen (secondary N) is 1. The van der Waals surface area contributed by atoms with Crippen LogP contribution in [0.2, 0.25) is 0 Å². The van der Waals surface area contributed by atoms with E-state index < -0.39 is 11.8 Å². The van der Waals surface area contributed by atoms with Crippen molar-refractivity contribution in [2.24, 2.45) is 0 Å². The van der Waals surface area contributed by atoms with E-state index in [0.29, 0.717) is 43.6 Å². The molecule has 0 unspecified atom stereocenters. The fourth-order valence-corrected chi connectivity index (χ4v) is 4.16. The number of amides is 2. The van der Waals surface area contributed by atoms with E-state index in [2.05, 4.69) is 37.2 Å². The average Bonchev–Trinajstić information content (AvgIpc) is 3.07. The van der Waals surface area contributed by atoms with Gasteiger partial charge in [-0.25, -0.2) is 0 Å². The number of anilines is 2. The van der Waals surface area contributed by atoms with Gasteiger partial charge in [-0.1, -0.05) is 15.9 Å². The van der Waals surface area contributed by atoms with Gasteiger partial charge in [0.25, 0.3) is 11.8 Å². The number of rotatable bonds is 3. The van der Waals surface area contributed by atoms with Gasteiger partial charge in [0.1, 0.15) is 11.3 Å². The quantitative estimate of drug-likeness (QED) is 0.365. The highest BCUT2D eigenvalue weighted by Crippen LogP contribution is 2.32. The fourth-order valence-electron chi connectivity index (χ4n) is 3.05. The molecule has 2 aromatic rings. The molecule has 2 amide bonds. The van der Waals surface area contributed by atoms with Gasteiger partial charge in [0.05, 0.1) is 23.4 Å². The Morgan fingerprint density at radius 3 is 2.48 bits per heavy atom. The number of thiocarbonyl (C=S) groups is 1. The Hall–Kier alpha value is -2.01. The van der Waals surface area contributed by atoms with Crippen LogP contribution in [0.5, 0.6) is 0 Å². The van der Waals surface area contributed by atoms with Crippen LogP contribution in [0.1, 0.15) is 5.76 Å². The molecule has 0 aliphatic carbocycles. The predicted molar refractivity (Wildman–Crippen MR) is 120 cm³/mol. The SMILES string of the molecule is O=C1NC(=S)N(c2ccc(Br)cc2)C(=O)/C1=C\c1cc(Br)c(N2CCOCC2)o1. The molecule has 3 heterocycles. The number of carbonyl (C=O) groups is 2. The molecule has 2 aliphatic heterocycles. The summed E-state index contributed by atoms with van der Waals surface area (Å²) in [6, 6.07) is 8.80. The summed E-state index contributed by atoms with van der Waals surface area (Å²) in [5, 5.41) is 2.60. The summed E-state index contributed by atoms with van der Waals surface area (Å²) in [7, 11) is 0. The van der Waals surface area contributed by atoms with E-state index in [0.717, 1.165) is 8.95 Å². The number of morpholine rings is 1. The number of hydrogen-bond acceptors (Lipinski definition) is 6. The zero-order valence-electron chi connectivity index (χ0n) is 15.0. The molecule has 1 aromatic heterocycles. The number of carbonyl (C=O) groups excluding carboxylic acids is 2. The zero-order valence-corrected chi connectivity index (χ0v) is 19.0. The van der Waals surface area contributed by atoms with E-state index in [4.69, 9.17) is 21.4 Å². The molecular weight excluding hydrogens is 526 g/mol. The fraction of sp³-hybridized carbons (Fsp3) is 0.211. The first-order valence-corrected chi connectivity index (χ1v) is 10.7. The van der Waals surface area contributed by atoms with Gasteiger partial charge in [-0.2, -0.15) is 0 Å². The second-order valence-electron chi connectivity index (χ2n) is 6.34. The summed E-state index contributed by atoms with van der Waals surface area (Å²) in [6.07, 6.45) is 1.43. The van der Waals surface area contributed by atoms with E-state index in [1.165, 1.54) is 11.0 Å². The minimum atomic E-state index is -0.561. The van der Waals surface area contributed by atoms with Crippen molar-refractivity contribution in [2.45, 2.75) is 0 Å². The van der Waals surface area contributed by atoms with E-state index in [9.17, 15) is 9.59 Å². The molecule has 2 saturated heterocycles. The molecule has 1 aromatic carbocycles. The van der Waals surface area contributed by atoms with Crippen molar-refractivity contribution >= 4 is 78.7 Å². The van der Waals surface area contributed by atoms with Crippen molar-refractivity contribution in [1.29, 1.82) is 0 Å². The first kappa shape index (κ1) is 20.3. The number of nitrogens with zero attached hydrogens (tertiary/aromatic N) is 2. The van der Waals surface area contributed by atoms with Gasteiger partial charge in [0, 0.05) is 23.6 Å². The summed E-state index contributed by atoms with van der Waals surface area (Å²) in [6.45, 7) is 2.63. The van der Waals surface area contributed by atoms with Crippen LogP contribution in [0, 0.1) is 0 Å². The number of benzene rings is 1. The lowest BCUT2D eigenvalue weighted by Crippen LogP contribution is -2.54. The normalized spacial score (nSPS) is 19.1. The highest BCUT2D eigenvalue weighted by Gasteiger charge is 2.35. The molecule has 2 fully saturated rings. The maximum atomic E-state index is 13.0. The molecule has 0 atom stereocenters. The molecule has 7 nitrogen and oxygen atoms in total. The Morgan fingerprint density at radius 1 is 1.10 bits per heavy atom. The van der Waals surface area contributed by atoms with Crippen LogP contribution in [-0.4, -0.2) is 43.2 Å². The molecule has 1 N–H and O–H groups in total. The van der Waals surface area contributed by atoms with Crippen LogP contribution in [-0.2, 0) is 14.3 Å². The smallest absolute Gasteiger partial charge is 0.270 e. The summed E-state index contributed by atoms with van der Waals surface area (Å²) in [4.78, 5) is 28.8.